The Morgan fingerprint density at radius 2 is 1.96 bits per heavy atom. The van der Waals surface area contributed by atoms with Crippen LogP contribution in [0.2, 0.25) is 0 Å². The van der Waals surface area contributed by atoms with Gasteiger partial charge >= 0.3 is 0 Å². The molecule has 0 fully saturated rings. The number of amides is 1. The summed E-state index contributed by atoms with van der Waals surface area (Å²) in [6.45, 7) is 4.60. The number of nitrogens with zero attached hydrogens (tertiary/aromatic N) is 1. The highest BCUT2D eigenvalue weighted by atomic mass is 32.1. The maximum absolute atomic E-state index is 12.0. The van der Waals surface area contributed by atoms with Crippen LogP contribution in [0.3, 0.4) is 0 Å². The molecule has 4 nitrogen and oxygen atoms in total. The highest BCUT2D eigenvalue weighted by Crippen LogP contribution is 2.22. The number of thiazole rings is 1. The zero-order chi connectivity index (χ0) is 18.4. The molecule has 0 bridgehead atoms. The van der Waals surface area contributed by atoms with Gasteiger partial charge in [-0.2, -0.15) is 0 Å². The smallest absolute Gasteiger partial charge is 0.244 e. The number of para-hydroxylation sites is 1. The lowest BCUT2D eigenvalue weighted by Gasteiger charge is -2.10. The summed E-state index contributed by atoms with van der Waals surface area (Å²) in [5.74, 6) is 0.760. The summed E-state index contributed by atoms with van der Waals surface area (Å²) in [6, 6.07) is 15.9. The SMILES string of the molecule is CC(C)Oc1ccc(CCNC(=O)/C=C/c2nc3ccccc3s2)cc1. The summed E-state index contributed by atoms with van der Waals surface area (Å²) in [5, 5.41) is 3.74. The van der Waals surface area contributed by atoms with Crippen molar-refractivity contribution in [2.75, 3.05) is 6.54 Å². The van der Waals surface area contributed by atoms with Crippen LogP contribution in [0.25, 0.3) is 16.3 Å². The van der Waals surface area contributed by atoms with Gasteiger partial charge in [0.2, 0.25) is 5.91 Å². The maximum atomic E-state index is 12.0. The molecule has 1 amide bonds. The highest BCUT2D eigenvalue weighted by Gasteiger charge is 2.02. The van der Waals surface area contributed by atoms with E-state index in [1.807, 2.05) is 62.4 Å². The Bertz CT molecular complexity index is 865. The van der Waals surface area contributed by atoms with E-state index in [4.69, 9.17) is 4.74 Å². The minimum Gasteiger partial charge on any atom is -0.491 e. The first-order valence-electron chi connectivity index (χ1n) is 8.67. The monoisotopic (exact) mass is 366 g/mol. The van der Waals surface area contributed by atoms with Crippen molar-refractivity contribution in [2.45, 2.75) is 26.4 Å². The Balaban J connectivity index is 1.46. The Morgan fingerprint density at radius 1 is 1.19 bits per heavy atom. The molecular weight excluding hydrogens is 344 g/mol. The van der Waals surface area contributed by atoms with Crippen molar-refractivity contribution in [1.29, 1.82) is 0 Å². The Hall–Kier alpha value is -2.66. The average Bonchev–Trinajstić information content (AvgIpc) is 3.04. The molecule has 5 heteroatoms. The van der Waals surface area contributed by atoms with E-state index < -0.39 is 0 Å². The van der Waals surface area contributed by atoms with Gasteiger partial charge in [0.15, 0.2) is 0 Å². The van der Waals surface area contributed by atoms with Gasteiger partial charge in [0, 0.05) is 12.6 Å². The van der Waals surface area contributed by atoms with E-state index in [2.05, 4.69) is 10.3 Å². The Morgan fingerprint density at radius 3 is 2.69 bits per heavy atom. The fourth-order valence-corrected chi connectivity index (χ4v) is 3.37. The number of hydrogen-bond donors (Lipinski definition) is 1. The van der Waals surface area contributed by atoms with Crippen molar-refractivity contribution in [3.63, 3.8) is 0 Å². The van der Waals surface area contributed by atoms with E-state index in [0.29, 0.717) is 6.54 Å². The molecule has 0 aliphatic carbocycles. The summed E-state index contributed by atoms with van der Waals surface area (Å²) in [7, 11) is 0. The minimum atomic E-state index is -0.107. The van der Waals surface area contributed by atoms with Crippen molar-refractivity contribution in [1.82, 2.24) is 10.3 Å². The number of fused-ring (bicyclic) bond motifs is 1. The van der Waals surface area contributed by atoms with Crippen LogP contribution in [0.5, 0.6) is 5.75 Å². The molecule has 0 aliphatic rings. The van der Waals surface area contributed by atoms with Gasteiger partial charge in [0.25, 0.3) is 0 Å². The molecule has 0 aliphatic heterocycles. The lowest BCUT2D eigenvalue weighted by Crippen LogP contribution is -2.23. The first-order chi connectivity index (χ1) is 12.6. The van der Waals surface area contributed by atoms with Gasteiger partial charge < -0.3 is 10.1 Å². The molecule has 2 aromatic carbocycles. The summed E-state index contributed by atoms with van der Waals surface area (Å²) in [6.07, 6.45) is 4.25. The number of benzene rings is 2. The number of carbonyl (C=O) groups is 1. The third-order valence-electron chi connectivity index (χ3n) is 3.70. The standard InChI is InChI=1S/C21H22N2O2S/c1-15(2)25-17-9-7-16(8-10-17)13-14-22-20(24)11-12-21-23-18-5-3-4-6-19(18)26-21/h3-12,15H,13-14H2,1-2H3,(H,22,24)/b12-11+. The van der Waals surface area contributed by atoms with Crippen LogP contribution >= 0.6 is 11.3 Å². The molecule has 3 aromatic rings. The van der Waals surface area contributed by atoms with Crippen molar-refractivity contribution in [3.8, 4) is 5.75 Å². The molecule has 134 valence electrons. The largest absolute Gasteiger partial charge is 0.491 e. The summed E-state index contributed by atoms with van der Waals surface area (Å²) in [5.41, 5.74) is 2.12. The van der Waals surface area contributed by atoms with Crippen LogP contribution in [0.15, 0.2) is 54.6 Å². The number of nitrogens with one attached hydrogen (secondary N) is 1. The first-order valence-corrected chi connectivity index (χ1v) is 9.49. The van der Waals surface area contributed by atoms with Crippen LogP contribution in [0, 0.1) is 0 Å². The van der Waals surface area contributed by atoms with Gasteiger partial charge in [-0.1, -0.05) is 24.3 Å². The summed E-state index contributed by atoms with van der Waals surface area (Å²) >= 11 is 1.58. The van der Waals surface area contributed by atoms with Gasteiger partial charge in [-0.3, -0.25) is 4.79 Å². The second-order valence-electron chi connectivity index (χ2n) is 6.20. The molecule has 0 unspecified atom stereocenters. The number of hydrogen-bond acceptors (Lipinski definition) is 4. The molecular formula is C21H22N2O2S. The number of carbonyl (C=O) groups excluding carboxylic acids is 1. The fourth-order valence-electron chi connectivity index (χ4n) is 2.50. The lowest BCUT2D eigenvalue weighted by atomic mass is 10.1. The van der Waals surface area contributed by atoms with Crippen LogP contribution < -0.4 is 10.1 Å². The number of aromatic nitrogens is 1. The van der Waals surface area contributed by atoms with Crippen LogP contribution in [0.1, 0.15) is 24.4 Å². The average molecular weight is 366 g/mol. The number of rotatable bonds is 7. The van der Waals surface area contributed by atoms with Crippen LogP contribution in [-0.2, 0) is 11.2 Å². The zero-order valence-electron chi connectivity index (χ0n) is 14.9. The van der Waals surface area contributed by atoms with Crippen molar-refractivity contribution >= 4 is 33.5 Å². The molecule has 0 spiro atoms. The second kappa shape index (κ2) is 8.63. The normalized spacial score (nSPS) is 11.3. The lowest BCUT2D eigenvalue weighted by molar-refractivity contribution is -0.116. The van der Waals surface area contributed by atoms with E-state index in [-0.39, 0.29) is 12.0 Å². The third-order valence-corrected chi connectivity index (χ3v) is 4.70. The fraction of sp³-hybridized carbons (Fsp3) is 0.238. The Labute approximate surface area is 157 Å². The van der Waals surface area contributed by atoms with E-state index in [9.17, 15) is 4.79 Å². The van der Waals surface area contributed by atoms with Gasteiger partial charge in [0.1, 0.15) is 10.8 Å². The molecule has 1 heterocycles. The molecule has 1 aromatic heterocycles. The molecule has 0 atom stereocenters. The predicted molar refractivity (Wildman–Crippen MR) is 108 cm³/mol. The molecule has 1 N–H and O–H groups in total. The van der Waals surface area contributed by atoms with Gasteiger partial charge in [-0.25, -0.2) is 4.98 Å². The first kappa shape index (κ1) is 18.1. The quantitative estimate of drug-likeness (QED) is 0.628. The van der Waals surface area contributed by atoms with E-state index in [0.717, 1.165) is 33.0 Å². The number of ether oxygens (including phenoxy) is 1. The Kier molecular flexibility index (Phi) is 6.02. The maximum Gasteiger partial charge on any atom is 0.244 e. The molecule has 3 rings (SSSR count). The molecule has 0 saturated heterocycles. The van der Waals surface area contributed by atoms with Crippen molar-refractivity contribution in [3.05, 3.63) is 65.2 Å². The van der Waals surface area contributed by atoms with Gasteiger partial charge in [-0.05, 0) is 56.2 Å². The molecule has 0 radical (unpaired) electrons. The van der Waals surface area contributed by atoms with Crippen LogP contribution in [0.4, 0.5) is 0 Å². The topological polar surface area (TPSA) is 51.2 Å². The second-order valence-corrected chi connectivity index (χ2v) is 7.27. The predicted octanol–water partition coefficient (Wildman–Crippen LogP) is 4.46. The summed E-state index contributed by atoms with van der Waals surface area (Å²) in [4.78, 5) is 16.4. The van der Waals surface area contributed by atoms with Crippen molar-refractivity contribution < 1.29 is 9.53 Å². The summed E-state index contributed by atoms with van der Waals surface area (Å²) < 4.78 is 6.75. The molecule has 26 heavy (non-hydrogen) atoms. The van der Waals surface area contributed by atoms with Crippen molar-refractivity contribution in [2.24, 2.45) is 0 Å². The molecule has 0 saturated carbocycles. The third kappa shape index (κ3) is 5.17. The van der Waals surface area contributed by atoms with Gasteiger partial charge in [0.05, 0.1) is 16.3 Å². The van der Waals surface area contributed by atoms with E-state index >= 15 is 0 Å². The van der Waals surface area contributed by atoms with Crippen LogP contribution in [-0.4, -0.2) is 23.5 Å². The zero-order valence-corrected chi connectivity index (χ0v) is 15.8. The van der Waals surface area contributed by atoms with E-state index in [1.54, 1.807) is 17.4 Å². The minimum absolute atomic E-state index is 0.107. The highest BCUT2D eigenvalue weighted by molar-refractivity contribution is 7.19. The van der Waals surface area contributed by atoms with E-state index in [1.165, 1.54) is 6.08 Å². The van der Waals surface area contributed by atoms with Gasteiger partial charge in [-0.15, -0.1) is 11.3 Å².